The van der Waals surface area contributed by atoms with Gasteiger partial charge in [0.25, 0.3) is 0 Å². The number of carbonyl (C=O) groups is 3. The number of esters is 3. The Kier molecular flexibility index (Phi) is 63.7. The molecule has 452 valence electrons. The lowest BCUT2D eigenvalue weighted by molar-refractivity contribution is -0.166. The van der Waals surface area contributed by atoms with Crippen LogP contribution < -0.4 is 0 Å². The van der Waals surface area contributed by atoms with E-state index in [2.05, 4.69) is 87.6 Å². The fraction of sp³-hybridized carbons (Fsp3) is 0.792. The Morgan fingerprint density at radius 3 is 0.756 bits per heavy atom. The van der Waals surface area contributed by atoms with Gasteiger partial charge >= 0.3 is 17.9 Å². The summed E-state index contributed by atoms with van der Waals surface area (Å²) in [7, 11) is 0. The minimum atomic E-state index is -0.814. The molecule has 0 bridgehead atoms. The van der Waals surface area contributed by atoms with Gasteiger partial charge in [-0.05, 0) is 57.8 Å². The maximum Gasteiger partial charge on any atom is 0.306 e. The van der Waals surface area contributed by atoms with Gasteiger partial charge < -0.3 is 14.2 Å². The highest BCUT2D eigenvalue weighted by Gasteiger charge is 2.19. The highest BCUT2D eigenvalue weighted by molar-refractivity contribution is 5.71. The van der Waals surface area contributed by atoms with Crippen LogP contribution in [0, 0.1) is 0 Å². The Hall–Kier alpha value is -3.15. The van der Waals surface area contributed by atoms with Gasteiger partial charge in [0.2, 0.25) is 0 Å². The minimum Gasteiger partial charge on any atom is -0.462 e. The number of hydrogen-bond donors (Lipinski definition) is 0. The molecule has 0 aromatic rings. The summed E-state index contributed by atoms with van der Waals surface area (Å²) in [5, 5.41) is 0. The quantitative estimate of drug-likeness (QED) is 0.0261. The second-order valence-corrected chi connectivity index (χ2v) is 22.7. The summed E-state index contributed by atoms with van der Waals surface area (Å²) in [6, 6.07) is 0. The molecule has 1 unspecified atom stereocenters. The number of unbranched alkanes of at least 4 members (excludes halogenated alkanes) is 39. The van der Waals surface area contributed by atoms with Crippen molar-refractivity contribution < 1.29 is 28.6 Å². The van der Waals surface area contributed by atoms with E-state index in [9.17, 15) is 14.4 Å². The van der Waals surface area contributed by atoms with Gasteiger partial charge in [0.15, 0.2) is 6.10 Å². The Balaban J connectivity index is 4.34. The SMILES string of the molecule is CC/C=C\C/C=C\C/C=C\C/C=C\C/C=C\C/C=C\CCC(=O)OC(COC(=O)CCCCCCCCCCCCCCCCC)COC(=O)CCCCCCCCCCCCCCCCCCCCCCCCCCCC. The second-order valence-electron chi connectivity index (χ2n) is 22.7. The monoisotopic (exact) mass is 1090 g/mol. The summed E-state index contributed by atoms with van der Waals surface area (Å²) < 4.78 is 16.9. The molecule has 0 heterocycles. The average molecular weight is 1090 g/mol. The lowest BCUT2D eigenvalue weighted by Crippen LogP contribution is -2.30. The number of rotatable bonds is 62. The first kappa shape index (κ1) is 74.8. The second kappa shape index (κ2) is 66.4. The van der Waals surface area contributed by atoms with E-state index in [1.54, 1.807) is 0 Å². The first-order valence-electron chi connectivity index (χ1n) is 33.9. The smallest absolute Gasteiger partial charge is 0.306 e. The lowest BCUT2D eigenvalue weighted by atomic mass is 10.0. The van der Waals surface area contributed by atoms with Crippen LogP contribution in [-0.2, 0) is 28.6 Å². The molecule has 0 fully saturated rings. The molecule has 78 heavy (non-hydrogen) atoms. The van der Waals surface area contributed by atoms with E-state index in [0.29, 0.717) is 19.3 Å². The minimum absolute atomic E-state index is 0.101. The molecule has 0 rings (SSSR count). The fourth-order valence-corrected chi connectivity index (χ4v) is 9.94. The molecule has 0 aliphatic heterocycles. The molecule has 0 amide bonds. The Labute approximate surface area is 484 Å². The van der Waals surface area contributed by atoms with E-state index in [1.165, 1.54) is 225 Å². The van der Waals surface area contributed by atoms with Crippen LogP contribution in [0.25, 0.3) is 0 Å². The van der Waals surface area contributed by atoms with E-state index in [1.807, 2.05) is 6.08 Å². The van der Waals surface area contributed by atoms with E-state index in [-0.39, 0.29) is 37.5 Å². The lowest BCUT2D eigenvalue weighted by Gasteiger charge is -2.18. The summed E-state index contributed by atoms with van der Waals surface area (Å²) in [4.78, 5) is 38.3. The van der Waals surface area contributed by atoms with Gasteiger partial charge in [-0.15, -0.1) is 0 Å². The molecule has 0 aromatic carbocycles. The van der Waals surface area contributed by atoms with Crippen LogP contribution in [0.15, 0.2) is 72.9 Å². The van der Waals surface area contributed by atoms with Gasteiger partial charge in [-0.3, -0.25) is 14.4 Å². The Morgan fingerprint density at radius 1 is 0.269 bits per heavy atom. The van der Waals surface area contributed by atoms with Crippen molar-refractivity contribution in [3.05, 3.63) is 72.9 Å². The average Bonchev–Trinajstić information content (AvgIpc) is 3.44. The summed E-state index contributed by atoms with van der Waals surface area (Å²) in [6.45, 7) is 6.52. The highest BCUT2D eigenvalue weighted by atomic mass is 16.6. The standard InChI is InChI=1S/C72H128O6/c1-4-7-10-13-16-19-22-25-28-30-32-33-34-35-36-37-38-40-41-44-47-50-53-56-59-62-65-71(74)77-68-69(67-76-70(73)64-61-58-55-52-49-46-43-27-24-21-18-15-12-9-6-3)78-72(75)66-63-60-57-54-51-48-45-42-39-31-29-26-23-20-17-14-11-8-5-2/h8,11,17,20,26,29,39,42,48,51,57,60,69H,4-7,9-10,12-16,18-19,21-25,27-28,30-38,40-41,43-47,49-50,52-56,58-59,61-68H2,1-3H3/b11-8-,20-17-,29-26-,42-39-,51-48-,60-57-. The maximum atomic E-state index is 12.9. The van der Waals surface area contributed by atoms with Crippen molar-refractivity contribution >= 4 is 17.9 Å². The van der Waals surface area contributed by atoms with Gasteiger partial charge in [-0.2, -0.15) is 0 Å². The molecule has 0 radical (unpaired) electrons. The third-order valence-electron chi connectivity index (χ3n) is 15.0. The molecule has 6 heteroatoms. The van der Waals surface area contributed by atoms with E-state index < -0.39 is 6.10 Å². The molecule has 0 aliphatic carbocycles. The van der Waals surface area contributed by atoms with Gasteiger partial charge in [-0.25, -0.2) is 0 Å². The van der Waals surface area contributed by atoms with Crippen LogP contribution in [0.4, 0.5) is 0 Å². The molecule has 0 aliphatic rings. The van der Waals surface area contributed by atoms with E-state index in [0.717, 1.165) is 77.0 Å². The van der Waals surface area contributed by atoms with Crippen LogP contribution in [-0.4, -0.2) is 37.2 Å². The molecule has 0 saturated carbocycles. The van der Waals surface area contributed by atoms with Crippen molar-refractivity contribution in [1.29, 1.82) is 0 Å². The molecule has 6 nitrogen and oxygen atoms in total. The van der Waals surface area contributed by atoms with Crippen LogP contribution in [0.3, 0.4) is 0 Å². The van der Waals surface area contributed by atoms with Crippen molar-refractivity contribution in [3.63, 3.8) is 0 Å². The van der Waals surface area contributed by atoms with E-state index in [4.69, 9.17) is 14.2 Å². The first-order chi connectivity index (χ1) is 38.5. The fourth-order valence-electron chi connectivity index (χ4n) is 9.94. The molecule has 1 atom stereocenters. The van der Waals surface area contributed by atoms with Crippen molar-refractivity contribution in [2.45, 2.75) is 354 Å². The van der Waals surface area contributed by atoms with Gasteiger partial charge in [-0.1, -0.05) is 344 Å². The van der Waals surface area contributed by atoms with Crippen molar-refractivity contribution in [2.24, 2.45) is 0 Å². The van der Waals surface area contributed by atoms with Gasteiger partial charge in [0, 0.05) is 19.3 Å². The van der Waals surface area contributed by atoms with Crippen LogP contribution >= 0.6 is 0 Å². The van der Waals surface area contributed by atoms with Crippen LogP contribution in [0.1, 0.15) is 348 Å². The Morgan fingerprint density at radius 2 is 0.500 bits per heavy atom. The molecule has 0 spiro atoms. The topological polar surface area (TPSA) is 78.9 Å². The largest absolute Gasteiger partial charge is 0.462 e. The molecular formula is C72H128O6. The normalized spacial score (nSPS) is 12.5. The summed E-state index contributed by atoms with van der Waals surface area (Å²) >= 11 is 0. The van der Waals surface area contributed by atoms with Crippen LogP contribution in [0.2, 0.25) is 0 Å². The Bertz CT molecular complexity index is 1440. The zero-order valence-electron chi connectivity index (χ0n) is 51.9. The summed E-state index contributed by atoms with van der Waals surface area (Å²) in [5.74, 6) is -0.965. The molecular weight excluding hydrogens is 961 g/mol. The predicted octanol–water partition coefficient (Wildman–Crippen LogP) is 23.3. The molecule has 0 saturated heterocycles. The zero-order chi connectivity index (χ0) is 56.4. The number of hydrogen-bond acceptors (Lipinski definition) is 6. The molecule has 0 N–H and O–H groups in total. The zero-order valence-corrected chi connectivity index (χ0v) is 51.9. The highest BCUT2D eigenvalue weighted by Crippen LogP contribution is 2.18. The number of allylic oxidation sites excluding steroid dienone is 12. The predicted molar refractivity (Wildman–Crippen MR) is 339 cm³/mol. The van der Waals surface area contributed by atoms with Gasteiger partial charge in [0.05, 0.1) is 0 Å². The third-order valence-corrected chi connectivity index (χ3v) is 15.0. The van der Waals surface area contributed by atoms with Crippen molar-refractivity contribution in [3.8, 4) is 0 Å². The summed E-state index contributed by atoms with van der Waals surface area (Å²) in [6.07, 6.45) is 86.6. The third kappa shape index (κ3) is 63.7. The van der Waals surface area contributed by atoms with Crippen molar-refractivity contribution in [2.75, 3.05) is 13.2 Å². The van der Waals surface area contributed by atoms with Crippen LogP contribution in [0.5, 0.6) is 0 Å². The number of carbonyl (C=O) groups excluding carboxylic acids is 3. The number of ether oxygens (including phenoxy) is 3. The molecule has 0 aromatic heterocycles. The maximum absolute atomic E-state index is 12.9. The van der Waals surface area contributed by atoms with Gasteiger partial charge in [0.1, 0.15) is 13.2 Å². The first-order valence-corrected chi connectivity index (χ1v) is 33.9. The van der Waals surface area contributed by atoms with Crippen molar-refractivity contribution in [1.82, 2.24) is 0 Å². The summed E-state index contributed by atoms with van der Waals surface area (Å²) in [5.41, 5.74) is 0. The van der Waals surface area contributed by atoms with E-state index >= 15 is 0 Å².